The summed E-state index contributed by atoms with van der Waals surface area (Å²) < 4.78 is 51.2. The van der Waals surface area contributed by atoms with Gasteiger partial charge < -0.3 is 28.8 Å². The van der Waals surface area contributed by atoms with Crippen molar-refractivity contribution in [2.45, 2.75) is 6.54 Å². The van der Waals surface area contributed by atoms with Crippen LogP contribution in [0.3, 0.4) is 0 Å². The van der Waals surface area contributed by atoms with Gasteiger partial charge in [-0.3, -0.25) is 9.59 Å². The van der Waals surface area contributed by atoms with Gasteiger partial charge in [0.1, 0.15) is 22.7 Å². The van der Waals surface area contributed by atoms with Gasteiger partial charge in [0.2, 0.25) is 17.1 Å². The number of anilines is 1. The number of nitrogens with one attached hydrogen (secondary N) is 1. The van der Waals surface area contributed by atoms with Gasteiger partial charge in [0.15, 0.2) is 11.5 Å². The largest absolute Gasteiger partial charge is 0.493 e. The van der Waals surface area contributed by atoms with Gasteiger partial charge in [-0.1, -0.05) is 6.07 Å². The molecule has 4 aromatic rings. The lowest BCUT2D eigenvalue weighted by atomic mass is 10.1. The molecule has 0 fully saturated rings. The van der Waals surface area contributed by atoms with Crippen molar-refractivity contribution in [1.29, 1.82) is 0 Å². The number of halogens is 2. The molecule has 0 spiro atoms. The first-order valence-corrected chi connectivity index (χ1v) is 10.9. The molecule has 1 amide bonds. The molecule has 192 valence electrons. The van der Waals surface area contributed by atoms with Crippen molar-refractivity contribution in [2.24, 2.45) is 0 Å². The zero-order chi connectivity index (χ0) is 26.7. The lowest BCUT2D eigenvalue weighted by molar-refractivity contribution is 0.102. The van der Waals surface area contributed by atoms with Crippen molar-refractivity contribution in [2.75, 3.05) is 33.8 Å². The van der Waals surface area contributed by atoms with Crippen LogP contribution in [0.1, 0.15) is 15.9 Å². The predicted octanol–water partition coefficient (Wildman–Crippen LogP) is 4.01. The predicted molar refractivity (Wildman–Crippen MR) is 132 cm³/mol. The smallest absolute Gasteiger partial charge is 0.261 e. The monoisotopic (exact) mass is 511 g/mol. The second-order valence-electron chi connectivity index (χ2n) is 7.79. The molecule has 0 saturated carbocycles. The van der Waals surface area contributed by atoms with Crippen molar-refractivity contribution < 1.29 is 32.5 Å². The number of methoxy groups -OCH3 is 4. The molecule has 0 aliphatic carbocycles. The van der Waals surface area contributed by atoms with E-state index >= 15 is 0 Å². The fraction of sp³-hybridized carbons (Fsp3) is 0.192. The Balaban J connectivity index is 1.84. The topological polar surface area (TPSA) is 101 Å². The molecule has 9 nitrogen and oxygen atoms in total. The number of rotatable bonds is 8. The molecule has 0 atom stereocenters. The zero-order valence-electron chi connectivity index (χ0n) is 20.4. The van der Waals surface area contributed by atoms with Crippen LogP contribution in [0.4, 0.5) is 14.5 Å². The Labute approximate surface area is 210 Å². The fourth-order valence-electron chi connectivity index (χ4n) is 3.86. The molecule has 11 heteroatoms. The van der Waals surface area contributed by atoms with E-state index in [0.29, 0.717) is 5.75 Å². The van der Waals surface area contributed by atoms with Crippen molar-refractivity contribution in [3.63, 3.8) is 0 Å². The number of benzene rings is 2. The normalized spacial score (nSPS) is 10.8. The summed E-state index contributed by atoms with van der Waals surface area (Å²) in [7, 11) is 5.66. The lowest BCUT2D eigenvalue weighted by Gasteiger charge is -2.16. The van der Waals surface area contributed by atoms with E-state index in [-0.39, 0.29) is 51.8 Å². The molecule has 1 N–H and O–H groups in total. The molecule has 0 bridgehead atoms. The van der Waals surface area contributed by atoms with Crippen LogP contribution >= 0.6 is 0 Å². The molecule has 37 heavy (non-hydrogen) atoms. The number of nitrogens with zero attached hydrogens (tertiary/aromatic N) is 2. The van der Waals surface area contributed by atoms with Crippen molar-refractivity contribution in [3.8, 4) is 23.1 Å². The van der Waals surface area contributed by atoms with Crippen LogP contribution in [-0.2, 0) is 6.54 Å². The second-order valence-corrected chi connectivity index (χ2v) is 7.79. The third-order valence-electron chi connectivity index (χ3n) is 5.67. The Morgan fingerprint density at radius 3 is 2.16 bits per heavy atom. The Kier molecular flexibility index (Phi) is 7.23. The first-order valence-electron chi connectivity index (χ1n) is 10.9. The van der Waals surface area contributed by atoms with E-state index < -0.39 is 23.0 Å². The summed E-state index contributed by atoms with van der Waals surface area (Å²) in [6.07, 6.45) is 1.23. The zero-order valence-corrected chi connectivity index (χ0v) is 20.4. The Hall–Kier alpha value is -4.67. The average Bonchev–Trinajstić information content (AvgIpc) is 2.90. The van der Waals surface area contributed by atoms with Gasteiger partial charge in [-0.05, 0) is 18.2 Å². The van der Waals surface area contributed by atoms with Crippen molar-refractivity contribution in [3.05, 3.63) is 81.6 Å². The van der Waals surface area contributed by atoms with Gasteiger partial charge in [0.25, 0.3) is 5.91 Å². The quantitative estimate of drug-likeness (QED) is 0.382. The van der Waals surface area contributed by atoms with E-state index in [4.69, 9.17) is 18.9 Å². The number of pyridine rings is 2. The number of amides is 1. The summed E-state index contributed by atoms with van der Waals surface area (Å²) in [5.74, 6) is -1.29. The molecule has 0 radical (unpaired) electrons. The van der Waals surface area contributed by atoms with Crippen LogP contribution in [0.2, 0.25) is 0 Å². The molecule has 0 aliphatic rings. The van der Waals surface area contributed by atoms with Crippen LogP contribution in [0.15, 0.2) is 53.5 Å². The molecular formula is C26H23F2N3O6. The highest BCUT2D eigenvalue weighted by Gasteiger charge is 2.21. The van der Waals surface area contributed by atoms with Crippen LogP contribution in [-0.4, -0.2) is 43.9 Å². The van der Waals surface area contributed by atoms with E-state index in [1.54, 1.807) is 0 Å². The van der Waals surface area contributed by atoms with Crippen molar-refractivity contribution in [1.82, 2.24) is 9.55 Å². The summed E-state index contributed by atoms with van der Waals surface area (Å²) in [4.78, 5) is 30.8. The third-order valence-corrected chi connectivity index (χ3v) is 5.67. The molecule has 2 heterocycles. The maximum absolute atomic E-state index is 14.4. The number of fused-ring (bicyclic) bond motifs is 1. The molecule has 2 aromatic heterocycles. The summed E-state index contributed by atoms with van der Waals surface area (Å²) in [6.45, 7) is -0.298. The highest BCUT2D eigenvalue weighted by atomic mass is 19.1. The van der Waals surface area contributed by atoms with Gasteiger partial charge in [-0.25, -0.2) is 13.8 Å². The molecule has 0 aliphatic heterocycles. The maximum Gasteiger partial charge on any atom is 0.261 e. The number of hydrogen-bond acceptors (Lipinski definition) is 7. The minimum atomic E-state index is -0.784. The van der Waals surface area contributed by atoms with Crippen LogP contribution < -0.4 is 29.7 Å². The number of aromatic nitrogens is 2. The Morgan fingerprint density at radius 1 is 0.946 bits per heavy atom. The first kappa shape index (κ1) is 25.4. The number of carbonyl (C=O) groups is 1. The SMILES string of the molecule is COc1ccc2c(n1)c(=O)c(C(=O)Nc1cc(OC)c(OC)c(OC)c1)cn2Cc1c(F)cccc1F. The van der Waals surface area contributed by atoms with E-state index in [9.17, 15) is 18.4 Å². The standard InChI is InChI=1S/C26H23F2N3O6/c1-34-20-10-14(11-21(35-2)25(20)37-4)29-26(33)16-13-31(12-15-17(27)6-5-7-18(15)28)19-8-9-22(36-3)30-23(19)24(16)32/h5-11,13H,12H2,1-4H3,(H,29,33). The van der Waals surface area contributed by atoms with Gasteiger partial charge >= 0.3 is 0 Å². The van der Waals surface area contributed by atoms with E-state index in [0.717, 1.165) is 12.1 Å². The van der Waals surface area contributed by atoms with Crippen LogP contribution in [0, 0.1) is 11.6 Å². The first-order chi connectivity index (χ1) is 17.8. The minimum Gasteiger partial charge on any atom is -0.493 e. The van der Waals surface area contributed by atoms with E-state index in [2.05, 4.69) is 10.3 Å². The fourth-order valence-corrected chi connectivity index (χ4v) is 3.86. The maximum atomic E-state index is 14.4. The number of hydrogen-bond donors (Lipinski definition) is 1. The lowest BCUT2D eigenvalue weighted by Crippen LogP contribution is -2.25. The van der Waals surface area contributed by atoms with Crippen LogP contribution in [0.25, 0.3) is 11.0 Å². The van der Waals surface area contributed by atoms with E-state index in [1.165, 1.54) is 69.5 Å². The Morgan fingerprint density at radius 2 is 1.59 bits per heavy atom. The van der Waals surface area contributed by atoms with Gasteiger partial charge in [-0.15, -0.1) is 0 Å². The molecule has 0 saturated heterocycles. The molecular weight excluding hydrogens is 488 g/mol. The highest BCUT2D eigenvalue weighted by molar-refractivity contribution is 6.05. The average molecular weight is 511 g/mol. The molecule has 0 unspecified atom stereocenters. The van der Waals surface area contributed by atoms with Crippen LogP contribution in [0.5, 0.6) is 23.1 Å². The van der Waals surface area contributed by atoms with Gasteiger partial charge in [0, 0.05) is 35.6 Å². The number of ether oxygens (including phenoxy) is 4. The summed E-state index contributed by atoms with van der Waals surface area (Å²) in [5.41, 5.74) is -0.821. The summed E-state index contributed by atoms with van der Waals surface area (Å²) in [5, 5.41) is 2.63. The minimum absolute atomic E-state index is 0.103. The van der Waals surface area contributed by atoms with Gasteiger partial charge in [0.05, 0.1) is 40.5 Å². The summed E-state index contributed by atoms with van der Waals surface area (Å²) in [6, 6.07) is 9.53. The van der Waals surface area contributed by atoms with Crippen molar-refractivity contribution >= 4 is 22.6 Å². The highest BCUT2D eigenvalue weighted by Crippen LogP contribution is 2.40. The summed E-state index contributed by atoms with van der Waals surface area (Å²) >= 11 is 0. The molecule has 2 aromatic carbocycles. The second kappa shape index (κ2) is 10.5. The Bertz CT molecular complexity index is 1510. The molecule has 4 rings (SSSR count). The number of carbonyl (C=O) groups excluding carboxylic acids is 1. The third kappa shape index (κ3) is 4.88. The van der Waals surface area contributed by atoms with Gasteiger partial charge in [-0.2, -0.15) is 0 Å². The van der Waals surface area contributed by atoms with E-state index in [1.807, 2.05) is 0 Å².